The number of fused-ring (bicyclic) bond motifs is 1. The minimum Gasteiger partial charge on any atom is -0.497 e. The molecule has 0 aliphatic heterocycles. The summed E-state index contributed by atoms with van der Waals surface area (Å²) < 4.78 is 8.14. The third-order valence-corrected chi connectivity index (χ3v) is 4.01. The summed E-state index contributed by atoms with van der Waals surface area (Å²) >= 11 is 0. The van der Waals surface area contributed by atoms with Gasteiger partial charge in [-0.25, -0.2) is 9.67 Å². The smallest absolute Gasteiger partial charge is 0.333 e. The second-order valence-electron chi connectivity index (χ2n) is 5.59. The van der Waals surface area contributed by atoms with E-state index in [-0.39, 0.29) is 11.5 Å². The zero-order chi connectivity index (χ0) is 18.1. The second kappa shape index (κ2) is 6.28. The molecule has 0 unspecified atom stereocenters. The number of benzene rings is 1. The second-order valence-corrected chi connectivity index (χ2v) is 5.59. The predicted molar refractivity (Wildman–Crippen MR) is 93.4 cm³/mol. The molecule has 0 saturated carbocycles. The van der Waals surface area contributed by atoms with Gasteiger partial charge in [-0.2, -0.15) is 14.9 Å². The van der Waals surface area contributed by atoms with Gasteiger partial charge in [-0.05, 0) is 29.8 Å². The Morgan fingerprint density at radius 1 is 1.15 bits per heavy atom. The van der Waals surface area contributed by atoms with Crippen LogP contribution in [-0.2, 0) is 6.54 Å². The van der Waals surface area contributed by atoms with Crippen LogP contribution in [0.1, 0.15) is 5.56 Å². The normalized spacial score (nSPS) is 11.0. The molecule has 4 aromatic rings. The van der Waals surface area contributed by atoms with Gasteiger partial charge in [0.1, 0.15) is 11.9 Å². The summed E-state index contributed by atoms with van der Waals surface area (Å²) in [7, 11) is 1.60. The Hall–Kier alpha value is -3.75. The fraction of sp³-hybridized carbons (Fsp3) is 0.118. The number of ether oxygens (including phenoxy) is 1. The molecule has 0 spiro atoms. The van der Waals surface area contributed by atoms with Crippen LogP contribution in [0.2, 0.25) is 0 Å². The van der Waals surface area contributed by atoms with Crippen LogP contribution in [-0.4, -0.2) is 36.6 Å². The highest BCUT2D eigenvalue weighted by Gasteiger charge is 2.25. The van der Waals surface area contributed by atoms with Gasteiger partial charge in [-0.3, -0.25) is 10.1 Å². The molecule has 0 bridgehead atoms. The Kier molecular flexibility index (Phi) is 3.81. The lowest BCUT2D eigenvalue weighted by Crippen LogP contribution is -2.11. The van der Waals surface area contributed by atoms with E-state index in [0.29, 0.717) is 12.2 Å². The number of hydrogen-bond acceptors (Lipinski definition) is 6. The van der Waals surface area contributed by atoms with Gasteiger partial charge in [0.15, 0.2) is 5.65 Å². The van der Waals surface area contributed by atoms with E-state index in [1.54, 1.807) is 30.3 Å². The molecule has 0 aliphatic carbocycles. The zero-order valence-electron chi connectivity index (χ0n) is 13.8. The maximum Gasteiger partial charge on any atom is 0.333 e. The van der Waals surface area contributed by atoms with Crippen LogP contribution in [0.5, 0.6) is 5.75 Å². The number of methoxy groups -OCH3 is 1. The summed E-state index contributed by atoms with van der Waals surface area (Å²) in [6, 6.07) is 11.1. The molecule has 0 atom stereocenters. The molecule has 26 heavy (non-hydrogen) atoms. The number of pyridine rings is 1. The van der Waals surface area contributed by atoms with Crippen LogP contribution in [0.3, 0.4) is 0 Å². The van der Waals surface area contributed by atoms with Crippen LogP contribution in [0, 0.1) is 10.1 Å². The van der Waals surface area contributed by atoms with E-state index in [2.05, 4.69) is 15.2 Å². The highest BCUT2D eigenvalue weighted by Crippen LogP contribution is 2.26. The molecule has 3 aromatic heterocycles. The Bertz CT molecular complexity index is 1080. The summed E-state index contributed by atoms with van der Waals surface area (Å²) in [5.74, 6) is 1.00. The first kappa shape index (κ1) is 15.8. The van der Waals surface area contributed by atoms with Crippen LogP contribution in [0.4, 0.5) is 5.69 Å². The molecule has 3 heterocycles. The average Bonchev–Trinajstić information content (AvgIpc) is 3.26. The van der Waals surface area contributed by atoms with Crippen molar-refractivity contribution in [2.45, 2.75) is 6.54 Å². The molecule has 4 rings (SSSR count). The molecule has 0 amide bonds. The van der Waals surface area contributed by atoms with Crippen molar-refractivity contribution in [2.75, 3.05) is 7.11 Å². The van der Waals surface area contributed by atoms with E-state index >= 15 is 0 Å². The van der Waals surface area contributed by atoms with Crippen LogP contribution in [0.15, 0.2) is 55.0 Å². The van der Waals surface area contributed by atoms with E-state index in [4.69, 9.17) is 4.74 Å². The van der Waals surface area contributed by atoms with Crippen LogP contribution in [0.25, 0.3) is 16.9 Å². The Morgan fingerprint density at radius 2 is 1.96 bits per heavy atom. The Labute approximate surface area is 147 Å². The molecule has 130 valence electrons. The molecule has 9 nitrogen and oxygen atoms in total. The first-order valence-corrected chi connectivity index (χ1v) is 7.79. The molecular weight excluding hydrogens is 336 g/mol. The van der Waals surface area contributed by atoms with Crippen LogP contribution >= 0.6 is 0 Å². The predicted octanol–water partition coefficient (Wildman–Crippen LogP) is 2.58. The third kappa shape index (κ3) is 2.65. The lowest BCUT2D eigenvalue weighted by Gasteiger charge is -2.08. The van der Waals surface area contributed by atoms with Gasteiger partial charge >= 0.3 is 5.69 Å². The first-order chi connectivity index (χ1) is 12.7. The number of nitro groups is 1. The number of hydrogen-bond donors (Lipinski definition) is 0. The van der Waals surface area contributed by atoms with Crippen molar-refractivity contribution in [3.63, 3.8) is 0 Å². The quantitative estimate of drug-likeness (QED) is 0.405. The molecule has 0 N–H and O–H groups in total. The Morgan fingerprint density at radius 3 is 2.69 bits per heavy atom. The molecular formula is C17H14N6O3. The third-order valence-electron chi connectivity index (χ3n) is 4.01. The molecule has 0 radical (unpaired) electrons. The largest absolute Gasteiger partial charge is 0.497 e. The summed E-state index contributed by atoms with van der Waals surface area (Å²) in [6.07, 6.45) is 4.47. The van der Waals surface area contributed by atoms with E-state index in [1.807, 2.05) is 30.3 Å². The fourth-order valence-corrected chi connectivity index (χ4v) is 2.75. The van der Waals surface area contributed by atoms with Crippen molar-refractivity contribution in [1.29, 1.82) is 0 Å². The molecule has 0 aliphatic rings. The van der Waals surface area contributed by atoms with Gasteiger partial charge in [0.05, 0.1) is 24.8 Å². The lowest BCUT2D eigenvalue weighted by molar-refractivity contribution is -0.384. The number of nitrogens with zero attached hydrogens (tertiary/aromatic N) is 6. The van der Waals surface area contributed by atoms with Gasteiger partial charge in [-0.15, -0.1) is 0 Å². The van der Waals surface area contributed by atoms with E-state index in [1.165, 1.54) is 10.9 Å². The average molecular weight is 350 g/mol. The van der Waals surface area contributed by atoms with Crippen molar-refractivity contribution in [1.82, 2.24) is 24.5 Å². The minimum atomic E-state index is -0.469. The summed E-state index contributed by atoms with van der Waals surface area (Å²) in [6.45, 7) is 0.349. The summed E-state index contributed by atoms with van der Waals surface area (Å²) in [4.78, 5) is 15.3. The van der Waals surface area contributed by atoms with Gasteiger partial charge in [-0.1, -0.05) is 12.1 Å². The van der Waals surface area contributed by atoms with Crippen molar-refractivity contribution < 1.29 is 9.66 Å². The SMILES string of the molecule is COc1ccc(Cn2ncc([N+](=O)[O-])c2-n2ncc3cccnc32)cc1. The topological polar surface area (TPSA) is 101 Å². The van der Waals surface area contributed by atoms with Crippen molar-refractivity contribution in [3.8, 4) is 11.6 Å². The highest BCUT2D eigenvalue weighted by molar-refractivity contribution is 5.76. The van der Waals surface area contributed by atoms with Gasteiger partial charge in [0.2, 0.25) is 5.82 Å². The molecule has 0 saturated heterocycles. The highest BCUT2D eigenvalue weighted by atomic mass is 16.6. The van der Waals surface area contributed by atoms with Gasteiger partial charge in [0.25, 0.3) is 0 Å². The summed E-state index contributed by atoms with van der Waals surface area (Å²) in [5, 5.41) is 20.7. The number of rotatable bonds is 5. The van der Waals surface area contributed by atoms with Gasteiger partial charge < -0.3 is 4.74 Å². The van der Waals surface area contributed by atoms with Crippen LogP contribution < -0.4 is 4.74 Å². The molecule has 1 aromatic carbocycles. The molecule has 0 fully saturated rings. The maximum atomic E-state index is 11.5. The summed E-state index contributed by atoms with van der Waals surface area (Å²) in [5.41, 5.74) is 1.33. The van der Waals surface area contributed by atoms with E-state index in [0.717, 1.165) is 16.7 Å². The van der Waals surface area contributed by atoms with Gasteiger partial charge in [0, 0.05) is 11.6 Å². The monoisotopic (exact) mass is 350 g/mol. The van der Waals surface area contributed by atoms with E-state index in [9.17, 15) is 10.1 Å². The fourth-order valence-electron chi connectivity index (χ4n) is 2.75. The van der Waals surface area contributed by atoms with Crippen molar-refractivity contribution in [2.24, 2.45) is 0 Å². The maximum absolute atomic E-state index is 11.5. The first-order valence-electron chi connectivity index (χ1n) is 7.79. The Balaban J connectivity index is 1.82. The van der Waals surface area contributed by atoms with E-state index < -0.39 is 4.92 Å². The van der Waals surface area contributed by atoms with Crippen molar-refractivity contribution in [3.05, 3.63) is 70.7 Å². The minimum absolute atomic E-state index is 0.130. The number of aromatic nitrogens is 5. The zero-order valence-corrected chi connectivity index (χ0v) is 13.8. The lowest BCUT2D eigenvalue weighted by atomic mass is 10.2. The molecule has 9 heteroatoms. The van der Waals surface area contributed by atoms with Crippen molar-refractivity contribution >= 4 is 16.7 Å². The standard InChI is InChI=1S/C17H14N6O3/c1-26-14-6-4-12(5-7-14)11-21-17(15(10-19-21)23(24)25)22-16-13(9-20-22)3-2-8-18-16/h2-10H,11H2,1H3.